The molecule has 2 N–H and O–H groups in total. The van der Waals surface area contributed by atoms with Crippen LogP contribution in [0.5, 0.6) is 0 Å². The summed E-state index contributed by atoms with van der Waals surface area (Å²) in [6, 6.07) is 7.56. The zero-order valence-corrected chi connectivity index (χ0v) is 18.7. The van der Waals surface area contributed by atoms with Crippen molar-refractivity contribution in [3.05, 3.63) is 29.8 Å². The number of guanidine groups is 1. The quantitative estimate of drug-likeness (QED) is 0.241. The lowest BCUT2D eigenvalue weighted by Crippen LogP contribution is -2.40. The normalized spacial score (nSPS) is 13.5. The third-order valence-corrected chi connectivity index (χ3v) is 4.12. The van der Waals surface area contributed by atoms with Crippen LogP contribution in [0.25, 0.3) is 0 Å². The minimum atomic E-state index is -0.476. The van der Waals surface area contributed by atoms with Crippen LogP contribution in [0.2, 0.25) is 0 Å². The number of carbonyl (C=O) groups is 1. The number of anilines is 1. The molecule has 2 rings (SSSR count). The first-order chi connectivity index (χ1) is 12.6. The molecule has 0 saturated heterocycles. The number of benzene rings is 1. The molecule has 0 unspecified atom stereocenters. The molecule has 0 spiro atoms. The van der Waals surface area contributed by atoms with Gasteiger partial charge in [0.15, 0.2) is 5.96 Å². The highest BCUT2D eigenvalue weighted by Crippen LogP contribution is 2.28. The molecule has 7 nitrogen and oxygen atoms in total. The molecule has 1 amide bonds. The number of amides is 1. The largest absolute Gasteiger partial charge is 0.453 e. The Morgan fingerprint density at radius 3 is 2.59 bits per heavy atom. The van der Waals surface area contributed by atoms with Crippen LogP contribution >= 0.6 is 24.0 Å². The summed E-state index contributed by atoms with van der Waals surface area (Å²) in [5.41, 5.74) is 1.76. The minimum Gasteiger partial charge on any atom is -0.453 e. The molecular weight excluding hydrogens is 459 g/mol. The number of carbonyl (C=O) groups excluding carboxylic acids is 1. The Bertz CT molecular complexity index is 591. The molecule has 0 aliphatic heterocycles. The van der Waals surface area contributed by atoms with E-state index in [1.54, 1.807) is 0 Å². The molecule has 1 fully saturated rings. The summed E-state index contributed by atoms with van der Waals surface area (Å²) in [5.74, 6) is 1.65. The highest BCUT2D eigenvalue weighted by molar-refractivity contribution is 14.0. The summed E-state index contributed by atoms with van der Waals surface area (Å²) in [4.78, 5) is 18.0. The molecule has 0 atom stereocenters. The van der Waals surface area contributed by atoms with Crippen LogP contribution < -0.4 is 10.6 Å². The Balaban J connectivity index is 0.00000364. The van der Waals surface area contributed by atoms with Gasteiger partial charge in [-0.05, 0) is 43.4 Å². The van der Waals surface area contributed by atoms with E-state index in [1.165, 1.54) is 20.0 Å². The van der Waals surface area contributed by atoms with Gasteiger partial charge in [0.25, 0.3) is 0 Å². The van der Waals surface area contributed by atoms with Crippen LogP contribution in [0.1, 0.15) is 25.3 Å². The number of likely N-dealkylation sites (N-methyl/N-ethyl adjacent to an activating group) is 1. The fraction of sp³-hybridized carbons (Fsp3) is 0.579. The lowest BCUT2D eigenvalue weighted by atomic mass is 10.2. The van der Waals surface area contributed by atoms with Crippen molar-refractivity contribution in [1.29, 1.82) is 0 Å². The summed E-state index contributed by atoms with van der Waals surface area (Å²) in [6.45, 7) is 5.84. The van der Waals surface area contributed by atoms with Crippen molar-refractivity contribution in [2.75, 3.05) is 45.8 Å². The van der Waals surface area contributed by atoms with Gasteiger partial charge in [0.05, 0.1) is 20.3 Å². The molecule has 1 aromatic carbocycles. The predicted molar refractivity (Wildman–Crippen MR) is 119 cm³/mol. The second-order valence-electron chi connectivity index (χ2n) is 6.42. The van der Waals surface area contributed by atoms with E-state index in [9.17, 15) is 4.79 Å². The first-order valence-electron chi connectivity index (χ1n) is 9.13. The van der Waals surface area contributed by atoms with Crippen LogP contribution in [0.4, 0.5) is 10.5 Å². The number of methoxy groups -OCH3 is 1. The smallest absolute Gasteiger partial charge is 0.411 e. The number of rotatable bonds is 9. The van der Waals surface area contributed by atoms with Crippen molar-refractivity contribution in [1.82, 2.24) is 10.2 Å². The molecule has 1 aromatic rings. The molecule has 1 aliphatic carbocycles. The summed E-state index contributed by atoms with van der Waals surface area (Å²) in [5, 5.41) is 5.94. The van der Waals surface area contributed by atoms with E-state index in [0.29, 0.717) is 18.8 Å². The minimum absolute atomic E-state index is 0. The molecule has 1 aliphatic rings. The fourth-order valence-corrected chi connectivity index (χ4v) is 2.34. The van der Waals surface area contributed by atoms with Crippen LogP contribution in [0.15, 0.2) is 29.3 Å². The molecule has 27 heavy (non-hydrogen) atoms. The van der Waals surface area contributed by atoms with Gasteiger partial charge >= 0.3 is 6.09 Å². The SMILES string of the molecule is CCNC(=NCc1ccc(NC(=O)OC)cc1)N(C)CCOCC1CC1.I. The number of halogens is 1. The van der Waals surface area contributed by atoms with Crippen LogP contribution in [-0.4, -0.2) is 57.4 Å². The van der Waals surface area contributed by atoms with Crippen molar-refractivity contribution in [3.8, 4) is 0 Å². The zero-order valence-electron chi connectivity index (χ0n) is 16.4. The molecule has 0 radical (unpaired) electrons. The third-order valence-electron chi connectivity index (χ3n) is 4.12. The van der Waals surface area contributed by atoms with Crippen molar-refractivity contribution in [2.24, 2.45) is 10.9 Å². The maximum absolute atomic E-state index is 11.2. The Labute approximate surface area is 178 Å². The zero-order chi connectivity index (χ0) is 18.8. The Morgan fingerprint density at radius 1 is 1.30 bits per heavy atom. The Morgan fingerprint density at radius 2 is 2.00 bits per heavy atom. The first kappa shape index (κ1) is 23.5. The van der Waals surface area contributed by atoms with Crippen molar-refractivity contribution >= 4 is 41.7 Å². The molecule has 0 bridgehead atoms. The molecule has 0 heterocycles. The number of hydrogen-bond acceptors (Lipinski definition) is 4. The van der Waals surface area contributed by atoms with Gasteiger partial charge in [-0.3, -0.25) is 5.32 Å². The fourth-order valence-electron chi connectivity index (χ4n) is 2.34. The first-order valence-corrected chi connectivity index (χ1v) is 9.13. The molecule has 0 aromatic heterocycles. The van der Waals surface area contributed by atoms with Gasteiger partial charge in [-0.2, -0.15) is 0 Å². The molecule has 1 saturated carbocycles. The summed E-state index contributed by atoms with van der Waals surface area (Å²) >= 11 is 0. The summed E-state index contributed by atoms with van der Waals surface area (Å²) < 4.78 is 10.3. The van der Waals surface area contributed by atoms with E-state index in [0.717, 1.165) is 37.1 Å². The van der Waals surface area contributed by atoms with Crippen LogP contribution in [0, 0.1) is 5.92 Å². The van der Waals surface area contributed by atoms with Gasteiger partial charge in [0, 0.05) is 32.4 Å². The van der Waals surface area contributed by atoms with Gasteiger partial charge in [-0.15, -0.1) is 24.0 Å². The molecule has 152 valence electrons. The average Bonchev–Trinajstić information content (AvgIpc) is 3.47. The highest BCUT2D eigenvalue weighted by Gasteiger charge is 2.21. The van der Waals surface area contributed by atoms with Crippen molar-refractivity contribution in [3.63, 3.8) is 0 Å². The topological polar surface area (TPSA) is 75.2 Å². The van der Waals surface area contributed by atoms with Crippen molar-refractivity contribution in [2.45, 2.75) is 26.3 Å². The van der Waals surface area contributed by atoms with E-state index in [1.807, 2.05) is 31.3 Å². The van der Waals surface area contributed by atoms with Gasteiger partial charge in [-0.25, -0.2) is 9.79 Å². The van der Waals surface area contributed by atoms with Crippen molar-refractivity contribution < 1.29 is 14.3 Å². The summed E-state index contributed by atoms with van der Waals surface area (Å²) in [6.07, 6.45) is 2.15. The predicted octanol–water partition coefficient (Wildman–Crippen LogP) is 3.31. The summed E-state index contributed by atoms with van der Waals surface area (Å²) in [7, 11) is 3.36. The van der Waals surface area contributed by atoms with Gasteiger partial charge in [0.1, 0.15) is 0 Å². The number of nitrogens with zero attached hydrogens (tertiary/aromatic N) is 2. The molecule has 8 heteroatoms. The third kappa shape index (κ3) is 9.28. The number of aliphatic imine (C=N–C) groups is 1. The maximum Gasteiger partial charge on any atom is 0.411 e. The Hall–Kier alpha value is -1.55. The van der Waals surface area contributed by atoms with E-state index in [2.05, 4.69) is 32.2 Å². The van der Waals surface area contributed by atoms with Gasteiger partial charge < -0.3 is 19.7 Å². The van der Waals surface area contributed by atoms with Crippen LogP contribution in [-0.2, 0) is 16.0 Å². The van der Waals surface area contributed by atoms with E-state index in [-0.39, 0.29) is 24.0 Å². The van der Waals surface area contributed by atoms with Gasteiger partial charge in [-0.1, -0.05) is 12.1 Å². The van der Waals surface area contributed by atoms with E-state index < -0.39 is 6.09 Å². The maximum atomic E-state index is 11.2. The second kappa shape index (κ2) is 12.8. The van der Waals surface area contributed by atoms with E-state index >= 15 is 0 Å². The number of nitrogens with one attached hydrogen (secondary N) is 2. The number of ether oxygens (including phenoxy) is 2. The Kier molecular flexibility index (Phi) is 11.1. The average molecular weight is 490 g/mol. The van der Waals surface area contributed by atoms with Crippen LogP contribution in [0.3, 0.4) is 0 Å². The highest BCUT2D eigenvalue weighted by atomic mass is 127. The monoisotopic (exact) mass is 490 g/mol. The number of hydrogen-bond donors (Lipinski definition) is 2. The second-order valence-corrected chi connectivity index (χ2v) is 6.42. The standard InChI is InChI=1S/C19H30N4O3.HI/c1-4-20-18(23(2)11-12-26-14-16-5-6-16)21-13-15-7-9-17(10-8-15)22-19(24)25-3;/h7-10,16H,4-6,11-14H2,1-3H3,(H,20,21)(H,22,24);1H. The molecular formula is C19H31IN4O3. The van der Waals surface area contributed by atoms with Gasteiger partial charge in [0.2, 0.25) is 0 Å². The lowest BCUT2D eigenvalue weighted by Gasteiger charge is -2.22. The van der Waals surface area contributed by atoms with E-state index in [4.69, 9.17) is 4.74 Å². The lowest BCUT2D eigenvalue weighted by molar-refractivity contribution is 0.115.